The maximum absolute atomic E-state index is 5.74. The lowest BCUT2D eigenvalue weighted by atomic mass is 10.0. The number of hydrogen-bond donors (Lipinski definition) is 1. The molecule has 0 bridgehead atoms. The third kappa shape index (κ3) is 3.53. The van der Waals surface area contributed by atoms with E-state index in [-0.39, 0.29) is 12.1 Å². The largest absolute Gasteiger partial charge is 0.467 e. The third-order valence-corrected chi connectivity index (χ3v) is 5.15. The van der Waals surface area contributed by atoms with Crippen LogP contribution in [-0.2, 0) is 4.74 Å². The van der Waals surface area contributed by atoms with Gasteiger partial charge in [0.05, 0.1) is 31.2 Å². The maximum Gasteiger partial charge on any atom is 0.170 e. The topological polar surface area (TPSA) is 53.8 Å². The molecule has 0 saturated carbocycles. The zero-order valence-corrected chi connectivity index (χ0v) is 14.8. The second-order valence-electron chi connectivity index (χ2n) is 6.29. The summed E-state index contributed by atoms with van der Waals surface area (Å²) in [6, 6.07) is 9.90. The Morgan fingerprint density at radius 3 is 2.76 bits per heavy atom. The molecule has 2 fully saturated rings. The second-order valence-corrected chi connectivity index (χ2v) is 6.68. The molecule has 2 aromatic rings. The van der Waals surface area contributed by atoms with Gasteiger partial charge in [-0.3, -0.25) is 9.88 Å². The smallest absolute Gasteiger partial charge is 0.170 e. The number of hydrogen-bond acceptors (Lipinski definition) is 5. The maximum atomic E-state index is 5.74. The van der Waals surface area contributed by atoms with Gasteiger partial charge in [-0.05, 0) is 36.5 Å². The van der Waals surface area contributed by atoms with Crippen molar-refractivity contribution in [2.24, 2.45) is 0 Å². The molecule has 2 aliphatic heterocycles. The van der Waals surface area contributed by atoms with Gasteiger partial charge in [0, 0.05) is 32.4 Å². The van der Waals surface area contributed by atoms with Crippen LogP contribution in [0.3, 0.4) is 0 Å². The highest BCUT2D eigenvalue weighted by Crippen LogP contribution is 2.38. The van der Waals surface area contributed by atoms with Crippen LogP contribution in [-0.4, -0.2) is 59.3 Å². The Hall–Kier alpha value is -1.96. The van der Waals surface area contributed by atoms with Gasteiger partial charge in [0.1, 0.15) is 11.8 Å². The number of morpholine rings is 1. The van der Waals surface area contributed by atoms with E-state index in [2.05, 4.69) is 20.1 Å². The van der Waals surface area contributed by atoms with E-state index in [0.29, 0.717) is 0 Å². The van der Waals surface area contributed by atoms with E-state index in [4.69, 9.17) is 21.4 Å². The molecule has 2 saturated heterocycles. The van der Waals surface area contributed by atoms with Gasteiger partial charge in [-0.25, -0.2) is 0 Å². The predicted octanol–water partition coefficient (Wildman–Crippen LogP) is 1.98. The van der Waals surface area contributed by atoms with Crippen LogP contribution in [0.2, 0.25) is 0 Å². The first-order chi connectivity index (χ1) is 12.3. The first kappa shape index (κ1) is 16.5. The molecule has 0 aromatic carbocycles. The molecule has 6 nitrogen and oxygen atoms in total. The summed E-state index contributed by atoms with van der Waals surface area (Å²) >= 11 is 5.64. The van der Waals surface area contributed by atoms with Crippen LogP contribution in [0.4, 0.5) is 0 Å². The van der Waals surface area contributed by atoms with E-state index >= 15 is 0 Å². The molecule has 0 radical (unpaired) electrons. The normalized spacial score (nSPS) is 24.5. The quantitative estimate of drug-likeness (QED) is 0.820. The van der Waals surface area contributed by atoms with E-state index in [1.165, 1.54) is 0 Å². The number of nitrogens with zero attached hydrogens (tertiary/aromatic N) is 3. The number of furan rings is 1. The molecule has 1 N–H and O–H groups in total. The molecular weight excluding hydrogens is 336 g/mol. The Bertz CT molecular complexity index is 688. The Morgan fingerprint density at radius 2 is 2.04 bits per heavy atom. The van der Waals surface area contributed by atoms with Crippen LogP contribution in [0.15, 0.2) is 47.2 Å². The Balaban J connectivity index is 1.55. The molecular formula is C18H22N4O2S. The standard InChI is InChI=1S/C18H22N4O2S/c25-18-20-16(14-4-1-2-6-19-14)17(15-5-3-11-24-15)22(18)8-7-21-9-12-23-13-10-21/h1-6,11,16-17H,7-10,12-13H2,(H,20,25). The molecule has 0 aliphatic carbocycles. The molecule has 2 aliphatic rings. The highest BCUT2D eigenvalue weighted by Gasteiger charge is 2.41. The molecule has 2 unspecified atom stereocenters. The number of ether oxygens (including phenoxy) is 1. The lowest BCUT2D eigenvalue weighted by Crippen LogP contribution is -2.42. The number of nitrogens with one attached hydrogen (secondary N) is 1. The van der Waals surface area contributed by atoms with E-state index in [9.17, 15) is 0 Å². The average Bonchev–Trinajstić information content (AvgIpc) is 3.29. The lowest BCUT2D eigenvalue weighted by Gasteiger charge is -2.31. The fourth-order valence-corrected chi connectivity index (χ4v) is 3.82. The first-order valence-electron chi connectivity index (χ1n) is 8.64. The summed E-state index contributed by atoms with van der Waals surface area (Å²) in [6.45, 7) is 5.37. The van der Waals surface area contributed by atoms with Crippen molar-refractivity contribution in [3.05, 3.63) is 54.2 Å². The van der Waals surface area contributed by atoms with Crippen LogP contribution in [0.25, 0.3) is 0 Å². The van der Waals surface area contributed by atoms with Crippen molar-refractivity contribution in [2.45, 2.75) is 12.1 Å². The third-order valence-electron chi connectivity index (χ3n) is 4.79. The Kier molecular flexibility index (Phi) is 4.96. The number of thiocarbonyl (C=S) groups is 1. The number of rotatable bonds is 5. The van der Waals surface area contributed by atoms with Crippen molar-refractivity contribution in [2.75, 3.05) is 39.4 Å². The van der Waals surface area contributed by atoms with Crippen LogP contribution < -0.4 is 5.32 Å². The summed E-state index contributed by atoms with van der Waals surface area (Å²) in [6.07, 6.45) is 3.53. The van der Waals surface area contributed by atoms with Crippen LogP contribution >= 0.6 is 12.2 Å². The summed E-state index contributed by atoms with van der Waals surface area (Å²) in [7, 11) is 0. The van der Waals surface area contributed by atoms with Crippen molar-refractivity contribution in [3.8, 4) is 0 Å². The average molecular weight is 358 g/mol. The van der Waals surface area contributed by atoms with Gasteiger partial charge in [0.15, 0.2) is 5.11 Å². The molecule has 0 spiro atoms. The molecule has 25 heavy (non-hydrogen) atoms. The highest BCUT2D eigenvalue weighted by atomic mass is 32.1. The van der Waals surface area contributed by atoms with Gasteiger partial charge in [-0.1, -0.05) is 6.07 Å². The highest BCUT2D eigenvalue weighted by molar-refractivity contribution is 7.80. The van der Waals surface area contributed by atoms with Gasteiger partial charge >= 0.3 is 0 Å². The molecule has 4 heterocycles. The van der Waals surface area contributed by atoms with Gasteiger partial charge in [0.25, 0.3) is 0 Å². The number of aromatic nitrogens is 1. The summed E-state index contributed by atoms with van der Waals surface area (Å²) in [5.74, 6) is 0.907. The van der Waals surface area contributed by atoms with Crippen molar-refractivity contribution in [3.63, 3.8) is 0 Å². The minimum atomic E-state index is -0.00969. The molecule has 2 atom stereocenters. The number of pyridine rings is 1. The van der Waals surface area contributed by atoms with E-state index < -0.39 is 0 Å². The van der Waals surface area contributed by atoms with Crippen molar-refractivity contribution < 1.29 is 9.15 Å². The Labute approximate surface area is 152 Å². The minimum absolute atomic E-state index is 0.00969. The molecule has 4 rings (SSSR count). The van der Waals surface area contributed by atoms with Crippen LogP contribution in [0, 0.1) is 0 Å². The zero-order chi connectivity index (χ0) is 17.1. The molecule has 132 valence electrons. The molecule has 2 aromatic heterocycles. The van der Waals surface area contributed by atoms with Gasteiger partial charge in [0.2, 0.25) is 0 Å². The van der Waals surface area contributed by atoms with Crippen molar-refractivity contribution in [1.82, 2.24) is 20.1 Å². The fourth-order valence-electron chi connectivity index (χ4n) is 3.49. The fraction of sp³-hybridized carbons (Fsp3) is 0.444. The summed E-state index contributed by atoms with van der Waals surface area (Å²) in [5.41, 5.74) is 0.972. The van der Waals surface area contributed by atoms with Crippen LogP contribution in [0.1, 0.15) is 23.5 Å². The van der Waals surface area contributed by atoms with E-state index in [0.717, 1.165) is 56.0 Å². The van der Waals surface area contributed by atoms with E-state index in [1.54, 1.807) is 6.26 Å². The second kappa shape index (κ2) is 7.51. The molecule has 7 heteroatoms. The summed E-state index contributed by atoms with van der Waals surface area (Å²) in [4.78, 5) is 9.16. The SMILES string of the molecule is S=C1NC(c2ccccn2)C(c2ccco2)N1CCN1CCOCC1. The van der Waals surface area contributed by atoms with Crippen LogP contribution in [0.5, 0.6) is 0 Å². The summed E-state index contributed by atoms with van der Waals surface area (Å²) < 4.78 is 11.2. The summed E-state index contributed by atoms with van der Waals surface area (Å²) in [5, 5.41) is 4.19. The van der Waals surface area contributed by atoms with Crippen molar-refractivity contribution >= 4 is 17.3 Å². The van der Waals surface area contributed by atoms with Gasteiger partial charge in [-0.15, -0.1) is 0 Å². The van der Waals surface area contributed by atoms with E-state index in [1.807, 2.05) is 36.5 Å². The predicted molar refractivity (Wildman–Crippen MR) is 98.1 cm³/mol. The van der Waals surface area contributed by atoms with Gasteiger partial charge < -0.3 is 19.4 Å². The first-order valence-corrected chi connectivity index (χ1v) is 9.05. The Morgan fingerprint density at radius 1 is 1.16 bits per heavy atom. The zero-order valence-electron chi connectivity index (χ0n) is 14.0. The van der Waals surface area contributed by atoms with Gasteiger partial charge in [-0.2, -0.15) is 0 Å². The monoisotopic (exact) mass is 358 g/mol. The van der Waals surface area contributed by atoms with Crippen molar-refractivity contribution in [1.29, 1.82) is 0 Å². The minimum Gasteiger partial charge on any atom is -0.467 e. The molecule has 0 amide bonds. The lowest BCUT2D eigenvalue weighted by molar-refractivity contribution is 0.0347.